The van der Waals surface area contributed by atoms with Crippen LogP contribution in [0.2, 0.25) is 0 Å². The third-order valence-electron chi connectivity index (χ3n) is 4.30. The van der Waals surface area contributed by atoms with Crippen LogP contribution in [0, 0.1) is 0 Å². The third kappa shape index (κ3) is 3.74. The minimum absolute atomic E-state index is 0.223. The number of rotatable bonds is 5. The van der Waals surface area contributed by atoms with Gasteiger partial charge in [0.1, 0.15) is 0 Å². The van der Waals surface area contributed by atoms with E-state index in [0.717, 1.165) is 31.9 Å². The predicted octanol–water partition coefficient (Wildman–Crippen LogP) is 3.18. The molecule has 0 radical (unpaired) electrons. The van der Waals surface area contributed by atoms with Crippen molar-refractivity contribution < 1.29 is 9.84 Å². The maximum Gasteiger partial charge on any atom is 0.0808 e. The topological polar surface area (TPSA) is 32.7 Å². The smallest absolute Gasteiger partial charge is 0.0808 e. The molecule has 1 aliphatic heterocycles. The number of nitrogens with zero attached hydrogens (tertiary/aromatic N) is 1. The lowest BCUT2D eigenvalue weighted by molar-refractivity contribution is 0.00265. The highest BCUT2D eigenvalue weighted by Crippen LogP contribution is 2.31. The Morgan fingerprint density at radius 1 is 0.864 bits per heavy atom. The molecule has 2 aromatic carbocycles. The molecule has 1 fully saturated rings. The van der Waals surface area contributed by atoms with E-state index in [1.807, 2.05) is 36.4 Å². The SMILES string of the molecule is O[C@H](C[C@@H](c1ccccc1)N1CCOCC1)c1ccccc1. The van der Waals surface area contributed by atoms with Gasteiger partial charge < -0.3 is 9.84 Å². The van der Waals surface area contributed by atoms with Crippen molar-refractivity contribution in [3.63, 3.8) is 0 Å². The van der Waals surface area contributed by atoms with Crippen LogP contribution < -0.4 is 0 Å². The minimum atomic E-state index is -0.450. The highest BCUT2D eigenvalue weighted by atomic mass is 16.5. The Hall–Kier alpha value is -1.68. The van der Waals surface area contributed by atoms with Gasteiger partial charge in [0.05, 0.1) is 19.3 Å². The summed E-state index contributed by atoms with van der Waals surface area (Å²) in [5, 5.41) is 10.6. The summed E-state index contributed by atoms with van der Waals surface area (Å²) in [5.74, 6) is 0. The van der Waals surface area contributed by atoms with Gasteiger partial charge in [-0.1, -0.05) is 60.7 Å². The average molecular weight is 297 g/mol. The number of aliphatic hydroxyl groups is 1. The second-order valence-electron chi connectivity index (χ2n) is 5.74. The maximum atomic E-state index is 10.6. The molecule has 2 atom stereocenters. The summed E-state index contributed by atoms with van der Waals surface area (Å²) >= 11 is 0. The van der Waals surface area contributed by atoms with Gasteiger partial charge in [-0.3, -0.25) is 4.90 Å². The summed E-state index contributed by atoms with van der Waals surface area (Å²) in [5.41, 5.74) is 2.25. The highest BCUT2D eigenvalue weighted by molar-refractivity contribution is 5.22. The van der Waals surface area contributed by atoms with Gasteiger partial charge in [0, 0.05) is 19.1 Å². The zero-order valence-corrected chi connectivity index (χ0v) is 12.8. The molecule has 1 N–H and O–H groups in total. The van der Waals surface area contributed by atoms with Crippen molar-refractivity contribution in [3.8, 4) is 0 Å². The average Bonchev–Trinajstić information content (AvgIpc) is 2.62. The first-order chi connectivity index (χ1) is 10.8. The van der Waals surface area contributed by atoms with E-state index in [0.29, 0.717) is 6.42 Å². The van der Waals surface area contributed by atoms with Gasteiger partial charge >= 0.3 is 0 Å². The van der Waals surface area contributed by atoms with E-state index >= 15 is 0 Å². The Morgan fingerprint density at radius 3 is 2.00 bits per heavy atom. The quantitative estimate of drug-likeness (QED) is 0.920. The summed E-state index contributed by atoms with van der Waals surface area (Å²) in [6.45, 7) is 3.37. The summed E-state index contributed by atoms with van der Waals surface area (Å²) in [4.78, 5) is 2.42. The zero-order chi connectivity index (χ0) is 15.2. The molecule has 0 bridgehead atoms. The molecule has 0 aromatic heterocycles. The summed E-state index contributed by atoms with van der Waals surface area (Å²) in [6.07, 6.45) is 0.253. The van der Waals surface area contributed by atoms with Crippen LogP contribution in [0.5, 0.6) is 0 Å². The number of ether oxygens (including phenoxy) is 1. The molecular formula is C19H23NO2. The molecule has 1 aliphatic rings. The molecule has 116 valence electrons. The van der Waals surface area contributed by atoms with E-state index in [1.54, 1.807) is 0 Å². The monoisotopic (exact) mass is 297 g/mol. The van der Waals surface area contributed by atoms with Gasteiger partial charge in [0.15, 0.2) is 0 Å². The van der Waals surface area contributed by atoms with E-state index < -0.39 is 6.10 Å². The van der Waals surface area contributed by atoms with Crippen molar-refractivity contribution in [1.29, 1.82) is 0 Å². The van der Waals surface area contributed by atoms with Crippen molar-refractivity contribution in [2.45, 2.75) is 18.6 Å². The van der Waals surface area contributed by atoms with Crippen LogP contribution in [0.3, 0.4) is 0 Å². The molecular weight excluding hydrogens is 274 g/mol. The standard InChI is InChI=1S/C19H23NO2/c21-19(17-9-5-2-6-10-17)15-18(16-7-3-1-4-8-16)20-11-13-22-14-12-20/h1-10,18-19,21H,11-15H2/t18-,19+/m0/s1. The van der Waals surface area contributed by atoms with E-state index in [9.17, 15) is 5.11 Å². The Labute approximate surface area is 132 Å². The molecule has 0 saturated carbocycles. The lowest BCUT2D eigenvalue weighted by atomic mass is 9.95. The summed E-state index contributed by atoms with van der Waals surface area (Å²) in [6, 6.07) is 20.6. The van der Waals surface area contributed by atoms with E-state index in [-0.39, 0.29) is 6.04 Å². The lowest BCUT2D eigenvalue weighted by Gasteiger charge is -2.36. The van der Waals surface area contributed by atoms with Gasteiger partial charge in [0.2, 0.25) is 0 Å². The van der Waals surface area contributed by atoms with E-state index in [2.05, 4.69) is 29.2 Å². The molecule has 3 heteroatoms. The van der Waals surface area contributed by atoms with Crippen LogP contribution in [0.15, 0.2) is 60.7 Å². The van der Waals surface area contributed by atoms with Crippen LogP contribution in [-0.2, 0) is 4.74 Å². The predicted molar refractivity (Wildman–Crippen MR) is 87.6 cm³/mol. The molecule has 3 rings (SSSR count). The molecule has 1 heterocycles. The lowest BCUT2D eigenvalue weighted by Crippen LogP contribution is -2.39. The van der Waals surface area contributed by atoms with Crippen LogP contribution in [-0.4, -0.2) is 36.3 Å². The van der Waals surface area contributed by atoms with Gasteiger partial charge in [-0.05, 0) is 17.5 Å². The maximum absolute atomic E-state index is 10.6. The minimum Gasteiger partial charge on any atom is -0.388 e. The molecule has 22 heavy (non-hydrogen) atoms. The molecule has 3 nitrogen and oxygen atoms in total. The summed E-state index contributed by atoms with van der Waals surface area (Å²) < 4.78 is 5.47. The second kappa shape index (κ2) is 7.54. The fourth-order valence-electron chi connectivity index (χ4n) is 3.08. The van der Waals surface area contributed by atoms with Gasteiger partial charge in [-0.15, -0.1) is 0 Å². The van der Waals surface area contributed by atoms with Gasteiger partial charge in [0.25, 0.3) is 0 Å². The molecule has 1 saturated heterocycles. The van der Waals surface area contributed by atoms with E-state index in [4.69, 9.17) is 4.74 Å². The first kappa shape index (κ1) is 15.2. The zero-order valence-electron chi connectivity index (χ0n) is 12.8. The van der Waals surface area contributed by atoms with Crippen molar-refractivity contribution in [2.75, 3.05) is 26.3 Å². The Kier molecular flexibility index (Phi) is 5.22. The Bertz CT molecular complexity index is 552. The summed E-state index contributed by atoms with van der Waals surface area (Å²) in [7, 11) is 0. The number of benzene rings is 2. The Morgan fingerprint density at radius 2 is 1.41 bits per heavy atom. The van der Waals surface area contributed by atoms with Crippen LogP contribution in [0.4, 0.5) is 0 Å². The van der Waals surface area contributed by atoms with Crippen LogP contribution >= 0.6 is 0 Å². The van der Waals surface area contributed by atoms with Crippen molar-refractivity contribution in [3.05, 3.63) is 71.8 Å². The fraction of sp³-hybridized carbons (Fsp3) is 0.368. The second-order valence-corrected chi connectivity index (χ2v) is 5.74. The number of aliphatic hydroxyl groups excluding tert-OH is 1. The van der Waals surface area contributed by atoms with Crippen molar-refractivity contribution >= 4 is 0 Å². The molecule has 0 spiro atoms. The molecule has 0 amide bonds. The first-order valence-corrected chi connectivity index (χ1v) is 7.94. The number of morpholine rings is 1. The normalized spacial score (nSPS) is 18.8. The van der Waals surface area contributed by atoms with Crippen molar-refractivity contribution in [1.82, 2.24) is 4.90 Å². The van der Waals surface area contributed by atoms with Crippen LogP contribution in [0.25, 0.3) is 0 Å². The third-order valence-corrected chi connectivity index (χ3v) is 4.30. The first-order valence-electron chi connectivity index (χ1n) is 7.94. The molecule has 0 unspecified atom stereocenters. The van der Waals surface area contributed by atoms with Gasteiger partial charge in [-0.25, -0.2) is 0 Å². The largest absolute Gasteiger partial charge is 0.388 e. The Balaban J connectivity index is 1.79. The van der Waals surface area contributed by atoms with Crippen LogP contribution in [0.1, 0.15) is 29.7 Å². The molecule has 0 aliphatic carbocycles. The fourth-order valence-corrected chi connectivity index (χ4v) is 3.08. The van der Waals surface area contributed by atoms with E-state index in [1.165, 1.54) is 5.56 Å². The highest BCUT2D eigenvalue weighted by Gasteiger charge is 2.25. The van der Waals surface area contributed by atoms with Gasteiger partial charge in [-0.2, -0.15) is 0 Å². The molecule has 2 aromatic rings. The number of hydrogen-bond acceptors (Lipinski definition) is 3. The van der Waals surface area contributed by atoms with Crippen molar-refractivity contribution in [2.24, 2.45) is 0 Å². The number of hydrogen-bond donors (Lipinski definition) is 1.